The second-order valence-corrected chi connectivity index (χ2v) is 6.36. The van der Waals surface area contributed by atoms with E-state index in [1.54, 1.807) is 26.2 Å². The van der Waals surface area contributed by atoms with Gasteiger partial charge in [0.15, 0.2) is 11.5 Å². The molecule has 0 N–H and O–H groups in total. The summed E-state index contributed by atoms with van der Waals surface area (Å²) in [5, 5.41) is 0. The number of carbonyl (C=O) groups is 1. The Bertz CT molecular complexity index is 748. The first-order chi connectivity index (χ1) is 13.5. The Morgan fingerprint density at radius 3 is 2.04 bits per heavy atom. The number of methoxy groups -OCH3 is 3. The number of nitrogens with zero attached hydrogens (tertiary/aromatic N) is 1. The van der Waals surface area contributed by atoms with Crippen molar-refractivity contribution in [2.24, 2.45) is 0 Å². The quantitative estimate of drug-likeness (QED) is 0.622. The summed E-state index contributed by atoms with van der Waals surface area (Å²) in [6.07, 6.45) is 0.981. The summed E-state index contributed by atoms with van der Waals surface area (Å²) >= 11 is 0. The maximum Gasteiger partial charge on any atom is 0.222 e. The number of ether oxygens (including phenoxy) is 4. The number of amides is 1. The SMILES string of the molecule is CCOc1ccc(CN(C)C(=O)CCc2cc(OC)c(OC)c(OC)c2)cc1. The minimum Gasteiger partial charge on any atom is -0.494 e. The minimum atomic E-state index is 0.0719. The second-order valence-electron chi connectivity index (χ2n) is 6.36. The summed E-state index contributed by atoms with van der Waals surface area (Å²) in [5.74, 6) is 2.64. The smallest absolute Gasteiger partial charge is 0.222 e. The molecule has 0 aliphatic rings. The molecular formula is C22H29NO5. The number of carbonyl (C=O) groups excluding carboxylic acids is 1. The molecular weight excluding hydrogens is 358 g/mol. The van der Waals surface area contributed by atoms with E-state index in [-0.39, 0.29) is 5.91 Å². The van der Waals surface area contributed by atoms with E-state index >= 15 is 0 Å². The lowest BCUT2D eigenvalue weighted by atomic mass is 10.1. The molecule has 6 nitrogen and oxygen atoms in total. The number of aryl methyl sites for hydroxylation is 1. The summed E-state index contributed by atoms with van der Waals surface area (Å²) in [5.41, 5.74) is 2.02. The van der Waals surface area contributed by atoms with Gasteiger partial charge >= 0.3 is 0 Å². The van der Waals surface area contributed by atoms with Crippen LogP contribution in [0.25, 0.3) is 0 Å². The van der Waals surface area contributed by atoms with Crippen LogP contribution < -0.4 is 18.9 Å². The molecule has 0 radical (unpaired) electrons. The summed E-state index contributed by atoms with van der Waals surface area (Å²) in [6.45, 7) is 3.15. The molecule has 0 aliphatic heterocycles. The molecule has 0 spiro atoms. The molecule has 2 aromatic rings. The number of benzene rings is 2. The van der Waals surface area contributed by atoms with Crippen LogP contribution in [0.15, 0.2) is 36.4 Å². The molecule has 0 aliphatic carbocycles. The van der Waals surface area contributed by atoms with Crippen LogP contribution >= 0.6 is 0 Å². The van der Waals surface area contributed by atoms with E-state index in [0.717, 1.165) is 16.9 Å². The zero-order valence-electron chi connectivity index (χ0n) is 17.3. The Hall–Kier alpha value is -2.89. The number of hydrogen-bond acceptors (Lipinski definition) is 5. The first-order valence-electron chi connectivity index (χ1n) is 9.26. The topological polar surface area (TPSA) is 57.2 Å². The van der Waals surface area contributed by atoms with Crippen molar-refractivity contribution in [1.82, 2.24) is 4.90 Å². The summed E-state index contributed by atoms with van der Waals surface area (Å²) in [6, 6.07) is 11.6. The van der Waals surface area contributed by atoms with Gasteiger partial charge in [-0.3, -0.25) is 4.79 Å². The highest BCUT2D eigenvalue weighted by Gasteiger charge is 2.15. The fourth-order valence-corrected chi connectivity index (χ4v) is 2.94. The van der Waals surface area contributed by atoms with Crippen molar-refractivity contribution in [3.05, 3.63) is 47.5 Å². The first-order valence-corrected chi connectivity index (χ1v) is 9.26. The lowest BCUT2D eigenvalue weighted by Gasteiger charge is -2.18. The minimum absolute atomic E-state index is 0.0719. The van der Waals surface area contributed by atoms with Crippen molar-refractivity contribution in [3.63, 3.8) is 0 Å². The van der Waals surface area contributed by atoms with Crippen LogP contribution in [0.4, 0.5) is 0 Å². The molecule has 28 heavy (non-hydrogen) atoms. The van der Waals surface area contributed by atoms with Crippen molar-refractivity contribution in [1.29, 1.82) is 0 Å². The van der Waals surface area contributed by atoms with Gasteiger partial charge in [0.1, 0.15) is 5.75 Å². The highest BCUT2D eigenvalue weighted by molar-refractivity contribution is 5.76. The maximum absolute atomic E-state index is 12.5. The van der Waals surface area contributed by atoms with Crippen molar-refractivity contribution >= 4 is 5.91 Å². The molecule has 2 aromatic carbocycles. The van der Waals surface area contributed by atoms with Gasteiger partial charge in [-0.1, -0.05) is 12.1 Å². The third kappa shape index (κ3) is 5.55. The molecule has 0 saturated carbocycles. The van der Waals surface area contributed by atoms with Gasteiger partial charge in [-0.05, 0) is 48.7 Å². The molecule has 152 valence electrons. The predicted molar refractivity (Wildman–Crippen MR) is 109 cm³/mol. The number of rotatable bonds is 10. The fourth-order valence-electron chi connectivity index (χ4n) is 2.94. The molecule has 2 rings (SSSR count). The predicted octanol–water partition coefficient (Wildman–Crippen LogP) is 3.70. The van der Waals surface area contributed by atoms with Crippen LogP contribution in [0.2, 0.25) is 0 Å². The van der Waals surface area contributed by atoms with Crippen molar-refractivity contribution in [3.8, 4) is 23.0 Å². The van der Waals surface area contributed by atoms with E-state index in [0.29, 0.717) is 43.2 Å². The third-order valence-electron chi connectivity index (χ3n) is 4.43. The lowest BCUT2D eigenvalue weighted by Crippen LogP contribution is -2.26. The molecule has 0 bridgehead atoms. The van der Waals surface area contributed by atoms with Crippen LogP contribution in [0.1, 0.15) is 24.5 Å². The van der Waals surface area contributed by atoms with Crippen molar-refractivity contribution in [2.75, 3.05) is 35.0 Å². The largest absolute Gasteiger partial charge is 0.494 e. The highest BCUT2D eigenvalue weighted by atomic mass is 16.5. The molecule has 0 fully saturated rings. The van der Waals surface area contributed by atoms with Gasteiger partial charge in [0, 0.05) is 20.0 Å². The Morgan fingerprint density at radius 2 is 1.54 bits per heavy atom. The lowest BCUT2D eigenvalue weighted by molar-refractivity contribution is -0.130. The first kappa shape index (κ1) is 21.4. The fraction of sp³-hybridized carbons (Fsp3) is 0.409. The van der Waals surface area contributed by atoms with Crippen LogP contribution in [0.3, 0.4) is 0 Å². The third-order valence-corrected chi connectivity index (χ3v) is 4.43. The summed E-state index contributed by atoms with van der Waals surface area (Å²) in [4.78, 5) is 14.3. The van der Waals surface area contributed by atoms with Gasteiger partial charge in [0.25, 0.3) is 0 Å². The molecule has 0 aromatic heterocycles. The second kappa shape index (κ2) is 10.4. The van der Waals surface area contributed by atoms with Gasteiger partial charge in [-0.2, -0.15) is 0 Å². The Labute approximate surface area is 167 Å². The Morgan fingerprint density at radius 1 is 0.929 bits per heavy atom. The van der Waals surface area contributed by atoms with E-state index in [1.165, 1.54) is 0 Å². The van der Waals surface area contributed by atoms with Gasteiger partial charge in [-0.25, -0.2) is 0 Å². The molecule has 0 heterocycles. The maximum atomic E-state index is 12.5. The van der Waals surface area contributed by atoms with E-state index in [2.05, 4.69) is 0 Å². The van der Waals surface area contributed by atoms with Crippen molar-refractivity contribution < 1.29 is 23.7 Å². The van der Waals surface area contributed by atoms with E-state index in [4.69, 9.17) is 18.9 Å². The van der Waals surface area contributed by atoms with Crippen LogP contribution in [0.5, 0.6) is 23.0 Å². The van der Waals surface area contributed by atoms with Crippen LogP contribution in [-0.2, 0) is 17.8 Å². The molecule has 6 heteroatoms. The van der Waals surface area contributed by atoms with Crippen LogP contribution in [-0.4, -0.2) is 45.8 Å². The van der Waals surface area contributed by atoms with E-state index in [1.807, 2.05) is 50.4 Å². The normalized spacial score (nSPS) is 10.3. The standard InChI is InChI=1S/C22H29NO5/c1-6-28-18-10-7-16(8-11-18)15-23(2)21(24)12-9-17-13-19(25-3)22(27-5)20(14-17)26-4/h7-8,10-11,13-14H,6,9,12,15H2,1-5H3. The summed E-state index contributed by atoms with van der Waals surface area (Å²) in [7, 11) is 6.54. The van der Waals surface area contributed by atoms with E-state index < -0.39 is 0 Å². The zero-order chi connectivity index (χ0) is 20.5. The Kier molecular flexibility index (Phi) is 7.99. The number of hydrogen-bond donors (Lipinski definition) is 0. The average Bonchev–Trinajstić information content (AvgIpc) is 2.72. The molecule has 1 amide bonds. The molecule has 0 atom stereocenters. The van der Waals surface area contributed by atoms with Gasteiger partial charge in [0.2, 0.25) is 11.7 Å². The van der Waals surface area contributed by atoms with Crippen molar-refractivity contribution in [2.45, 2.75) is 26.3 Å². The summed E-state index contributed by atoms with van der Waals surface area (Å²) < 4.78 is 21.5. The van der Waals surface area contributed by atoms with Gasteiger partial charge < -0.3 is 23.8 Å². The average molecular weight is 387 g/mol. The van der Waals surface area contributed by atoms with Gasteiger partial charge in [-0.15, -0.1) is 0 Å². The monoisotopic (exact) mass is 387 g/mol. The Balaban J connectivity index is 1.97. The highest BCUT2D eigenvalue weighted by Crippen LogP contribution is 2.38. The van der Waals surface area contributed by atoms with E-state index in [9.17, 15) is 4.79 Å². The van der Waals surface area contributed by atoms with Gasteiger partial charge in [0.05, 0.1) is 27.9 Å². The molecule has 0 unspecified atom stereocenters. The zero-order valence-corrected chi connectivity index (χ0v) is 17.3. The molecule has 0 saturated heterocycles. The van der Waals surface area contributed by atoms with Crippen LogP contribution in [0, 0.1) is 0 Å².